The number of rotatable bonds is 1. The van der Waals surface area contributed by atoms with Gasteiger partial charge in [0.2, 0.25) is 0 Å². The van der Waals surface area contributed by atoms with Crippen molar-refractivity contribution >= 4 is 5.91 Å². The summed E-state index contributed by atoms with van der Waals surface area (Å²) in [5, 5.41) is 9.41. The third-order valence-corrected chi connectivity index (χ3v) is 4.14. The van der Waals surface area contributed by atoms with Gasteiger partial charge in [0.25, 0.3) is 5.91 Å². The molecule has 19 heavy (non-hydrogen) atoms. The number of aromatic hydroxyl groups is 1. The highest BCUT2D eigenvalue weighted by Crippen LogP contribution is 2.34. The molecule has 1 unspecified atom stereocenters. The second-order valence-corrected chi connectivity index (χ2v) is 6.60. The van der Waals surface area contributed by atoms with E-state index in [1.807, 2.05) is 11.8 Å². The van der Waals surface area contributed by atoms with Crippen molar-refractivity contribution < 1.29 is 9.90 Å². The van der Waals surface area contributed by atoms with Gasteiger partial charge in [-0.25, -0.2) is 0 Å². The molecule has 1 aliphatic rings. The molecule has 0 radical (unpaired) electrons. The molecule has 1 aromatic carbocycles. The number of phenols is 1. The average molecular weight is 261 g/mol. The first-order valence-electron chi connectivity index (χ1n) is 6.88. The van der Waals surface area contributed by atoms with Crippen LogP contribution < -0.4 is 0 Å². The van der Waals surface area contributed by atoms with Gasteiger partial charge in [0.05, 0.1) is 0 Å². The maximum absolute atomic E-state index is 12.5. The SMILES string of the molecule is Cc1cc(O)ccc1C(=O)N1CCC(C(C)(C)C)C1. The molecule has 1 heterocycles. The smallest absolute Gasteiger partial charge is 0.254 e. The van der Waals surface area contributed by atoms with Gasteiger partial charge in [-0.3, -0.25) is 4.79 Å². The van der Waals surface area contributed by atoms with Crippen molar-refractivity contribution in [3.8, 4) is 5.75 Å². The number of carbonyl (C=O) groups excluding carboxylic acids is 1. The number of hydrogen-bond acceptors (Lipinski definition) is 2. The summed E-state index contributed by atoms with van der Waals surface area (Å²) in [4.78, 5) is 14.4. The van der Waals surface area contributed by atoms with Crippen LogP contribution in [0.1, 0.15) is 43.1 Å². The van der Waals surface area contributed by atoms with E-state index in [0.29, 0.717) is 11.5 Å². The fraction of sp³-hybridized carbons (Fsp3) is 0.562. The van der Waals surface area contributed by atoms with E-state index in [-0.39, 0.29) is 17.1 Å². The van der Waals surface area contributed by atoms with E-state index in [1.54, 1.807) is 18.2 Å². The van der Waals surface area contributed by atoms with Gasteiger partial charge in [-0.2, -0.15) is 0 Å². The summed E-state index contributed by atoms with van der Waals surface area (Å²) < 4.78 is 0. The van der Waals surface area contributed by atoms with Crippen LogP contribution in [0.25, 0.3) is 0 Å². The Morgan fingerprint density at radius 2 is 2.05 bits per heavy atom. The quantitative estimate of drug-likeness (QED) is 0.843. The Labute approximate surface area is 115 Å². The van der Waals surface area contributed by atoms with Crippen LogP contribution >= 0.6 is 0 Å². The fourth-order valence-corrected chi connectivity index (χ4v) is 2.71. The summed E-state index contributed by atoms with van der Waals surface area (Å²) in [5.41, 5.74) is 1.79. The first-order chi connectivity index (χ1) is 8.79. The molecule has 0 aliphatic carbocycles. The minimum atomic E-state index is 0.0873. The summed E-state index contributed by atoms with van der Waals surface area (Å²) in [6.45, 7) is 10.2. The molecule has 1 aliphatic heterocycles. The summed E-state index contributed by atoms with van der Waals surface area (Å²) in [7, 11) is 0. The number of likely N-dealkylation sites (tertiary alicyclic amines) is 1. The van der Waals surface area contributed by atoms with Crippen molar-refractivity contribution in [1.82, 2.24) is 4.90 Å². The molecule has 0 aromatic heterocycles. The second kappa shape index (κ2) is 4.87. The zero-order chi connectivity index (χ0) is 14.2. The number of amides is 1. The van der Waals surface area contributed by atoms with Gasteiger partial charge in [0, 0.05) is 18.7 Å². The average Bonchev–Trinajstić information content (AvgIpc) is 2.76. The Hall–Kier alpha value is -1.51. The Kier molecular flexibility index (Phi) is 3.57. The van der Waals surface area contributed by atoms with Crippen molar-refractivity contribution in [1.29, 1.82) is 0 Å². The number of benzene rings is 1. The highest BCUT2D eigenvalue weighted by molar-refractivity contribution is 5.96. The predicted molar refractivity (Wildman–Crippen MR) is 76.3 cm³/mol. The number of nitrogens with zero attached hydrogens (tertiary/aromatic N) is 1. The number of carbonyl (C=O) groups is 1. The molecule has 1 fully saturated rings. The van der Waals surface area contributed by atoms with Crippen LogP contribution in [0.2, 0.25) is 0 Å². The molecule has 0 saturated carbocycles. The van der Waals surface area contributed by atoms with Gasteiger partial charge < -0.3 is 10.0 Å². The maximum Gasteiger partial charge on any atom is 0.254 e. The zero-order valence-electron chi connectivity index (χ0n) is 12.2. The van der Waals surface area contributed by atoms with Crippen molar-refractivity contribution in [2.75, 3.05) is 13.1 Å². The minimum absolute atomic E-state index is 0.0873. The molecule has 1 aromatic rings. The highest BCUT2D eigenvalue weighted by Gasteiger charge is 2.34. The lowest BCUT2D eigenvalue weighted by molar-refractivity contribution is 0.0776. The Morgan fingerprint density at radius 3 is 2.58 bits per heavy atom. The first kappa shape index (κ1) is 13.9. The van der Waals surface area contributed by atoms with Gasteiger partial charge in [-0.1, -0.05) is 20.8 Å². The Morgan fingerprint density at radius 1 is 1.37 bits per heavy atom. The number of hydrogen-bond donors (Lipinski definition) is 1. The summed E-state index contributed by atoms with van der Waals surface area (Å²) in [5.74, 6) is 0.862. The molecule has 0 bridgehead atoms. The van der Waals surface area contributed by atoms with Crippen molar-refractivity contribution in [3.63, 3.8) is 0 Å². The summed E-state index contributed by atoms with van der Waals surface area (Å²) in [6, 6.07) is 4.94. The molecule has 1 N–H and O–H groups in total. The van der Waals surface area contributed by atoms with Crippen LogP contribution in [0.3, 0.4) is 0 Å². The molecule has 1 amide bonds. The molecule has 1 atom stereocenters. The highest BCUT2D eigenvalue weighted by atomic mass is 16.3. The van der Waals surface area contributed by atoms with E-state index in [4.69, 9.17) is 0 Å². The van der Waals surface area contributed by atoms with Gasteiger partial charge >= 0.3 is 0 Å². The third-order valence-electron chi connectivity index (χ3n) is 4.14. The van der Waals surface area contributed by atoms with E-state index in [1.165, 1.54) is 0 Å². The van der Waals surface area contributed by atoms with Crippen LogP contribution in [0.15, 0.2) is 18.2 Å². The normalized spacial score (nSPS) is 19.8. The molecule has 3 nitrogen and oxygen atoms in total. The van der Waals surface area contributed by atoms with Crippen LogP contribution in [0, 0.1) is 18.3 Å². The van der Waals surface area contributed by atoms with Gasteiger partial charge in [-0.05, 0) is 48.4 Å². The number of aryl methyl sites for hydroxylation is 1. The van der Waals surface area contributed by atoms with Crippen LogP contribution in [-0.4, -0.2) is 29.0 Å². The van der Waals surface area contributed by atoms with Gasteiger partial charge in [-0.15, -0.1) is 0 Å². The lowest BCUT2D eigenvalue weighted by Gasteiger charge is -2.27. The van der Waals surface area contributed by atoms with Gasteiger partial charge in [0.15, 0.2) is 0 Å². The number of phenolic OH excluding ortho intramolecular Hbond substituents is 1. The van der Waals surface area contributed by atoms with Crippen molar-refractivity contribution in [2.24, 2.45) is 11.3 Å². The zero-order valence-corrected chi connectivity index (χ0v) is 12.2. The molecule has 3 heteroatoms. The van der Waals surface area contributed by atoms with Gasteiger partial charge in [0.1, 0.15) is 5.75 Å². The molecule has 1 saturated heterocycles. The Bertz CT molecular complexity index is 488. The summed E-state index contributed by atoms with van der Waals surface area (Å²) in [6.07, 6.45) is 1.08. The largest absolute Gasteiger partial charge is 0.508 e. The van der Waals surface area contributed by atoms with E-state index >= 15 is 0 Å². The topological polar surface area (TPSA) is 40.5 Å². The van der Waals surface area contributed by atoms with Crippen LogP contribution in [-0.2, 0) is 0 Å². The van der Waals surface area contributed by atoms with Crippen molar-refractivity contribution in [2.45, 2.75) is 34.1 Å². The second-order valence-electron chi connectivity index (χ2n) is 6.60. The minimum Gasteiger partial charge on any atom is -0.508 e. The molecular formula is C16H23NO2. The van der Waals surface area contributed by atoms with E-state index in [9.17, 15) is 9.90 Å². The van der Waals surface area contributed by atoms with E-state index < -0.39 is 0 Å². The lowest BCUT2D eigenvalue weighted by Crippen LogP contribution is -2.31. The first-order valence-corrected chi connectivity index (χ1v) is 6.88. The van der Waals surface area contributed by atoms with Crippen molar-refractivity contribution in [3.05, 3.63) is 29.3 Å². The Balaban J connectivity index is 2.14. The molecule has 2 rings (SSSR count). The molecule has 0 spiro atoms. The van der Waals surface area contributed by atoms with E-state index in [2.05, 4.69) is 20.8 Å². The summed E-state index contributed by atoms with van der Waals surface area (Å²) >= 11 is 0. The van der Waals surface area contributed by atoms with Crippen LogP contribution in [0.5, 0.6) is 5.75 Å². The maximum atomic E-state index is 12.5. The van der Waals surface area contributed by atoms with E-state index in [0.717, 1.165) is 25.1 Å². The lowest BCUT2D eigenvalue weighted by atomic mass is 9.80. The fourth-order valence-electron chi connectivity index (χ4n) is 2.71. The standard InChI is InChI=1S/C16H23NO2/c1-11-9-13(18)5-6-14(11)15(19)17-8-7-12(10-17)16(2,3)4/h5-6,9,12,18H,7-8,10H2,1-4H3. The predicted octanol–water partition coefficient (Wildman–Crippen LogP) is 3.21. The third kappa shape index (κ3) is 2.91. The molecular weight excluding hydrogens is 238 g/mol. The monoisotopic (exact) mass is 261 g/mol. The molecule has 104 valence electrons. The van der Waals surface area contributed by atoms with Crippen LogP contribution in [0.4, 0.5) is 0 Å².